The molecule has 1 saturated heterocycles. The van der Waals surface area contributed by atoms with Crippen LogP contribution in [-0.4, -0.2) is 50.3 Å². The Labute approximate surface area is 180 Å². The van der Waals surface area contributed by atoms with E-state index in [4.69, 9.17) is 9.47 Å². The van der Waals surface area contributed by atoms with Crippen LogP contribution in [0.5, 0.6) is 5.75 Å². The summed E-state index contributed by atoms with van der Waals surface area (Å²) in [6.45, 7) is 2.02. The van der Waals surface area contributed by atoms with E-state index in [0.29, 0.717) is 11.3 Å². The number of hydrogen-bond donors (Lipinski definition) is 1. The smallest absolute Gasteiger partial charge is 0.279 e. The molecule has 1 aliphatic heterocycles. The largest absolute Gasteiger partial charge is 0.489 e. The van der Waals surface area contributed by atoms with Crippen LogP contribution in [-0.2, 0) is 30.8 Å². The van der Waals surface area contributed by atoms with Gasteiger partial charge >= 0.3 is 0 Å². The zero-order valence-electron chi connectivity index (χ0n) is 17.2. The van der Waals surface area contributed by atoms with Crippen LogP contribution in [0.4, 0.5) is 4.39 Å². The van der Waals surface area contributed by atoms with E-state index in [2.05, 4.69) is 4.84 Å². The van der Waals surface area contributed by atoms with Crippen molar-refractivity contribution in [1.82, 2.24) is 5.23 Å². The Hall–Kier alpha value is -2.53. The first-order valence-electron chi connectivity index (χ1n) is 9.60. The van der Waals surface area contributed by atoms with Gasteiger partial charge in [-0.25, -0.2) is 17.6 Å². The number of amides is 1. The van der Waals surface area contributed by atoms with E-state index < -0.39 is 26.9 Å². The topological polar surface area (TPSA) is 102 Å². The molecule has 2 atom stereocenters. The summed E-state index contributed by atoms with van der Waals surface area (Å²) in [7, 11) is -2.80. The first-order chi connectivity index (χ1) is 14.7. The molecule has 31 heavy (non-hydrogen) atoms. The number of nitrogens with zero attached hydrogens (tertiary/aromatic N) is 1. The summed E-state index contributed by atoms with van der Waals surface area (Å²) in [5.74, 6) is -1.93. The van der Waals surface area contributed by atoms with Crippen LogP contribution in [0.15, 0.2) is 47.4 Å². The lowest BCUT2D eigenvalue weighted by Gasteiger charge is -2.31. The summed E-state index contributed by atoms with van der Waals surface area (Å²) in [5.41, 5.74) is 1.57. The monoisotopic (exact) mass is 453 g/mol. The van der Waals surface area contributed by atoms with E-state index >= 15 is 0 Å². The second-order valence-corrected chi connectivity index (χ2v) is 9.35. The molecule has 1 amide bonds. The highest BCUT2D eigenvalue weighted by molar-refractivity contribution is 7.92. The van der Waals surface area contributed by atoms with E-state index in [1.165, 1.54) is 36.4 Å². The third kappa shape index (κ3) is 5.21. The van der Waals surface area contributed by atoms with Crippen LogP contribution in [0.1, 0.15) is 17.5 Å². The fourth-order valence-electron chi connectivity index (χ4n) is 3.41. The molecule has 168 valence electrons. The van der Waals surface area contributed by atoms with Crippen molar-refractivity contribution in [2.24, 2.45) is 5.92 Å². The molecule has 2 unspecified atom stereocenters. The van der Waals surface area contributed by atoms with Gasteiger partial charge < -0.3 is 9.47 Å². The van der Waals surface area contributed by atoms with Crippen LogP contribution in [0.3, 0.4) is 0 Å². The number of aryl methyl sites for hydroxylation is 1. The van der Waals surface area contributed by atoms with Crippen molar-refractivity contribution in [2.45, 2.75) is 30.1 Å². The highest BCUT2D eigenvalue weighted by Crippen LogP contribution is 2.30. The summed E-state index contributed by atoms with van der Waals surface area (Å²) in [6, 6.07) is 10.2. The molecule has 0 aromatic heterocycles. The fourth-order valence-corrected chi connectivity index (χ4v) is 5.31. The maximum absolute atomic E-state index is 13.4. The van der Waals surface area contributed by atoms with Crippen LogP contribution in [0.2, 0.25) is 0 Å². The number of rotatable bonds is 7. The first-order valence-corrected chi connectivity index (χ1v) is 11.1. The summed E-state index contributed by atoms with van der Waals surface area (Å²) in [6.07, 6.45) is 0.105. The molecule has 2 aromatic carbocycles. The lowest BCUT2D eigenvalue weighted by Crippen LogP contribution is -2.47. The SMILES string of the molecule is CON(O)C(=O)C1COCCC1S(=O)(=O)c1ccc(OCc2cc(F)ccc2C)cc1. The molecule has 0 radical (unpaired) electrons. The Bertz CT molecular complexity index is 1030. The maximum Gasteiger partial charge on any atom is 0.279 e. The molecule has 1 fully saturated rings. The Morgan fingerprint density at radius 2 is 1.97 bits per heavy atom. The number of benzene rings is 2. The Morgan fingerprint density at radius 3 is 2.65 bits per heavy atom. The molecule has 2 aromatic rings. The van der Waals surface area contributed by atoms with E-state index in [1.54, 1.807) is 6.07 Å². The molecule has 0 bridgehead atoms. The molecule has 1 heterocycles. The average molecular weight is 453 g/mol. The van der Waals surface area contributed by atoms with Gasteiger partial charge in [0.05, 0.1) is 29.8 Å². The molecular weight excluding hydrogens is 429 g/mol. The van der Waals surface area contributed by atoms with Crippen molar-refractivity contribution in [1.29, 1.82) is 0 Å². The second kappa shape index (κ2) is 9.73. The first kappa shape index (κ1) is 23.1. The van der Waals surface area contributed by atoms with Gasteiger partial charge in [-0.1, -0.05) is 11.3 Å². The van der Waals surface area contributed by atoms with Crippen molar-refractivity contribution >= 4 is 15.7 Å². The molecule has 0 aliphatic carbocycles. The van der Waals surface area contributed by atoms with Crippen molar-refractivity contribution in [2.75, 3.05) is 20.3 Å². The van der Waals surface area contributed by atoms with Crippen LogP contribution >= 0.6 is 0 Å². The third-order valence-electron chi connectivity index (χ3n) is 5.23. The van der Waals surface area contributed by atoms with Gasteiger partial charge in [0.1, 0.15) is 18.2 Å². The predicted octanol–water partition coefficient (Wildman–Crippen LogP) is 2.67. The molecule has 10 heteroatoms. The highest BCUT2D eigenvalue weighted by Gasteiger charge is 2.43. The van der Waals surface area contributed by atoms with Crippen molar-refractivity contribution in [3.63, 3.8) is 0 Å². The minimum Gasteiger partial charge on any atom is -0.489 e. The van der Waals surface area contributed by atoms with E-state index in [-0.39, 0.29) is 42.2 Å². The number of hydrogen-bond acceptors (Lipinski definition) is 7. The summed E-state index contributed by atoms with van der Waals surface area (Å²) in [5, 5.41) is 8.48. The standard InChI is InChI=1S/C21H24FNO7S/c1-14-3-4-16(22)11-15(14)12-30-17-5-7-18(8-6-17)31(26,27)20-9-10-29-13-19(20)21(24)23(25)28-2/h3-8,11,19-20,25H,9-10,12-13H2,1-2H3. The highest BCUT2D eigenvalue weighted by atomic mass is 32.2. The lowest BCUT2D eigenvalue weighted by molar-refractivity contribution is -0.305. The van der Waals surface area contributed by atoms with E-state index in [9.17, 15) is 22.8 Å². The lowest BCUT2D eigenvalue weighted by atomic mass is 10.0. The Kier molecular flexibility index (Phi) is 7.26. The molecule has 8 nitrogen and oxygen atoms in total. The van der Waals surface area contributed by atoms with Crippen LogP contribution < -0.4 is 4.74 Å². The van der Waals surface area contributed by atoms with E-state index in [1.807, 2.05) is 6.92 Å². The van der Waals surface area contributed by atoms with Crippen LogP contribution in [0.25, 0.3) is 0 Å². The number of carbonyl (C=O) groups is 1. The number of sulfone groups is 1. The number of halogens is 1. The molecule has 3 rings (SSSR count). The minimum absolute atomic E-state index is 0.0210. The third-order valence-corrected chi connectivity index (χ3v) is 7.52. The molecule has 1 N–H and O–H groups in total. The minimum atomic E-state index is -3.89. The van der Waals surface area contributed by atoms with Gasteiger partial charge in [0.2, 0.25) is 0 Å². The van der Waals surface area contributed by atoms with Crippen LogP contribution in [0, 0.1) is 18.7 Å². The Morgan fingerprint density at radius 1 is 1.26 bits per heavy atom. The van der Waals surface area contributed by atoms with Crippen molar-refractivity contribution < 1.29 is 37.1 Å². The van der Waals surface area contributed by atoms with Crippen molar-refractivity contribution in [3.05, 3.63) is 59.4 Å². The quantitative estimate of drug-likeness (QED) is 0.508. The normalized spacial score (nSPS) is 19.1. The Balaban J connectivity index is 1.75. The molecule has 1 aliphatic rings. The summed E-state index contributed by atoms with van der Waals surface area (Å²) >= 11 is 0. The molecule has 0 saturated carbocycles. The van der Waals surface area contributed by atoms with Gasteiger partial charge in [0.25, 0.3) is 5.91 Å². The average Bonchev–Trinajstić information content (AvgIpc) is 2.78. The second-order valence-electron chi connectivity index (χ2n) is 7.18. The van der Waals surface area contributed by atoms with E-state index in [0.717, 1.165) is 12.7 Å². The van der Waals surface area contributed by atoms with Crippen molar-refractivity contribution in [3.8, 4) is 5.75 Å². The predicted molar refractivity (Wildman–Crippen MR) is 107 cm³/mol. The summed E-state index contributed by atoms with van der Waals surface area (Å²) < 4.78 is 50.6. The zero-order chi connectivity index (χ0) is 22.6. The number of carbonyl (C=O) groups excluding carboxylic acids is 1. The zero-order valence-corrected chi connectivity index (χ0v) is 18.0. The molecular formula is C21H24FNO7S. The number of ether oxygens (including phenoxy) is 2. The summed E-state index contributed by atoms with van der Waals surface area (Å²) in [4.78, 5) is 16.8. The van der Waals surface area contributed by atoms with Gasteiger partial charge in [-0.05, 0) is 60.9 Å². The fraction of sp³-hybridized carbons (Fsp3) is 0.381. The van der Waals surface area contributed by atoms with Gasteiger partial charge in [-0.15, -0.1) is 0 Å². The van der Waals surface area contributed by atoms with Gasteiger partial charge in [-0.2, -0.15) is 0 Å². The van der Waals surface area contributed by atoms with Gasteiger partial charge in [0.15, 0.2) is 9.84 Å². The van der Waals surface area contributed by atoms with Gasteiger partial charge in [0, 0.05) is 6.61 Å². The molecule has 0 spiro atoms. The maximum atomic E-state index is 13.4. The van der Waals surface area contributed by atoms with Gasteiger partial charge in [-0.3, -0.25) is 10.0 Å². The number of hydroxylamine groups is 2.